The highest BCUT2D eigenvalue weighted by Gasteiger charge is 2.21. The molecule has 112 valence electrons. The molecule has 0 aliphatic heterocycles. The zero-order valence-corrected chi connectivity index (χ0v) is 11.3. The van der Waals surface area contributed by atoms with E-state index >= 15 is 0 Å². The van der Waals surface area contributed by atoms with Gasteiger partial charge < -0.3 is 10.5 Å². The predicted octanol–water partition coefficient (Wildman–Crippen LogP) is 3.42. The molecule has 0 saturated carbocycles. The first-order chi connectivity index (χ1) is 9.82. The summed E-state index contributed by atoms with van der Waals surface area (Å²) in [5.41, 5.74) is 7.90. The van der Waals surface area contributed by atoms with Crippen LogP contribution in [0, 0.1) is 37.1 Å². The number of aryl methyl sites for hydroxylation is 1. The van der Waals surface area contributed by atoms with Crippen molar-refractivity contribution in [2.24, 2.45) is 0 Å². The van der Waals surface area contributed by atoms with Crippen molar-refractivity contribution in [1.29, 1.82) is 0 Å². The first-order valence-corrected chi connectivity index (χ1v) is 5.99. The van der Waals surface area contributed by atoms with Crippen molar-refractivity contribution in [1.82, 2.24) is 4.98 Å². The molecular weight excluding hydrogens is 288 g/mol. The monoisotopic (exact) mass is 300 g/mol. The summed E-state index contributed by atoms with van der Waals surface area (Å²) < 4.78 is 57.8. The Kier molecular flexibility index (Phi) is 4.02. The zero-order chi connectivity index (χ0) is 15.7. The van der Waals surface area contributed by atoms with Crippen molar-refractivity contribution in [2.75, 3.05) is 5.73 Å². The second kappa shape index (κ2) is 5.59. The SMILES string of the molecule is Cc1cnc(COc2c(F)c(F)cc(F)c2F)c(C)c1N. The summed E-state index contributed by atoms with van der Waals surface area (Å²) in [4.78, 5) is 4.02. The molecule has 21 heavy (non-hydrogen) atoms. The van der Waals surface area contributed by atoms with Crippen LogP contribution < -0.4 is 10.5 Å². The number of halogens is 4. The van der Waals surface area contributed by atoms with E-state index in [-0.39, 0.29) is 12.7 Å². The molecule has 7 heteroatoms. The molecule has 0 atom stereocenters. The topological polar surface area (TPSA) is 48.1 Å². The molecule has 0 spiro atoms. The van der Waals surface area contributed by atoms with Gasteiger partial charge in [-0.3, -0.25) is 4.98 Å². The Labute approximate surface area is 118 Å². The fourth-order valence-corrected chi connectivity index (χ4v) is 1.76. The predicted molar refractivity (Wildman–Crippen MR) is 68.7 cm³/mol. The van der Waals surface area contributed by atoms with Crippen molar-refractivity contribution in [3.63, 3.8) is 0 Å². The van der Waals surface area contributed by atoms with Crippen LogP contribution in [0.25, 0.3) is 0 Å². The number of rotatable bonds is 3. The number of nitrogen functional groups attached to an aromatic ring is 1. The Hall–Kier alpha value is -2.31. The maximum absolute atomic E-state index is 13.4. The minimum atomic E-state index is -1.59. The number of nitrogens with zero attached hydrogens (tertiary/aromatic N) is 1. The van der Waals surface area contributed by atoms with Crippen LogP contribution in [0.15, 0.2) is 12.3 Å². The molecule has 1 heterocycles. The lowest BCUT2D eigenvalue weighted by molar-refractivity contribution is 0.257. The molecule has 2 rings (SSSR count). The van der Waals surface area contributed by atoms with Crippen molar-refractivity contribution < 1.29 is 22.3 Å². The molecule has 1 aromatic carbocycles. The maximum atomic E-state index is 13.4. The van der Waals surface area contributed by atoms with E-state index in [0.717, 1.165) is 5.56 Å². The largest absolute Gasteiger partial charge is 0.481 e. The van der Waals surface area contributed by atoms with Gasteiger partial charge in [0.05, 0.1) is 5.69 Å². The smallest absolute Gasteiger partial charge is 0.203 e. The van der Waals surface area contributed by atoms with Gasteiger partial charge in [0.15, 0.2) is 17.4 Å². The van der Waals surface area contributed by atoms with Gasteiger partial charge in [0, 0.05) is 18.0 Å². The van der Waals surface area contributed by atoms with Crippen molar-refractivity contribution in [3.05, 3.63) is 52.4 Å². The van der Waals surface area contributed by atoms with E-state index in [2.05, 4.69) is 4.98 Å². The third-order valence-electron chi connectivity index (χ3n) is 3.10. The van der Waals surface area contributed by atoms with Gasteiger partial charge in [-0.1, -0.05) is 0 Å². The lowest BCUT2D eigenvalue weighted by Crippen LogP contribution is -2.08. The average molecular weight is 300 g/mol. The molecule has 2 N–H and O–H groups in total. The van der Waals surface area contributed by atoms with Crippen LogP contribution in [0.1, 0.15) is 16.8 Å². The molecule has 0 fully saturated rings. The molecule has 3 nitrogen and oxygen atoms in total. The van der Waals surface area contributed by atoms with Gasteiger partial charge in [-0.25, -0.2) is 8.78 Å². The van der Waals surface area contributed by atoms with Gasteiger partial charge in [0.25, 0.3) is 0 Å². The number of ether oxygens (including phenoxy) is 1. The normalized spacial score (nSPS) is 10.8. The summed E-state index contributed by atoms with van der Waals surface area (Å²) in [5, 5.41) is 0. The van der Waals surface area contributed by atoms with Crippen LogP contribution in [0.4, 0.5) is 23.2 Å². The van der Waals surface area contributed by atoms with E-state index < -0.39 is 29.0 Å². The molecule has 0 radical (unpaired) electrons. The Balaban J connectivity index is 2.31. The van der Waals surface area contributed by atoms with Gasteiger partial charge in [0.2, 0.25) is 11.6 Å². The first-order valence-electron chi connectivity index (χ1n) is 5.99. The van der Waals surface area contributed by atoms with Crippen LogP contribution in [-0.2, 0) is 6.61 Å². The fraction of sp³-hybridized carbons (Fsp3) is 0.214. The first kappa shape index (κ1) is 15.1. The standard InChI is InChI=1S/C14H12F4N2O/c1-6-4-20-10(7(2)13(6)19)5-21-14-11(17)8(15)3-9(16)12(14)18/h3-4H,5H2,1-2H3,(H2,19,20). The van der Waals surface area contributed by atoms with Crippen molar-refractivity contribution in [2.45, 2.75) is 20.5 Å². The van der Waals surface area contributed by atoms with Gasteiger partial charge >= 0.3 is 0 Å². The summed E-state index contributed by atoms with van der Waals surface area (Å²) in [6.07, 6.45) is 1.47. The summed E-state index contributed by atoms with van der Waals surface area (Å²) in [7, 11) is 0. The Morgan fingerprint density at radius 3 is 2.24 bits per heavy atom. The lowest BCUT2D eigenvalue weighted by atomic mass is 10.1. The van der Waals surface area contributed by atoms with E-state index in [1.165, 1.54) is 6.20 Å². The number of nitrogens with two attached hydrogens (primary N) is 1. The second-order valence-corrected chi connectivity index (χ2v) is 4.51. The summed E-state index contributed by atoms with van der Waals surface area (Å²) >= 11 is 0. The number of hydrogen-bond donors (Lipinski definition) is 1. The Morgan fingerprint density at radius 1 is 1.10 bits per heavy atom. The number of benzene rings is 1. The maximum Gasteiger partial charge on any atom is 0.203 e. The molecule has 0 amide bonds. The number of aromatic nitrogens is 1. The highest BCUT2D eigenvalue weighted by Crippen LogP contribution is 2.28. The van der Waals surface area contributed by atoms with Gasteiger partial charge in [-0.05, 0) is 25.0 Å². The van der Waals surface area contributed by atoms with E-state index in [4.69, 9.17) is 10.5 Å². The summed E-state index contributed by atoms with van der Waals surface area (Å²) in [6, 6.07) is 0.116. The van der Waals surface area contributed by atoms with Gasteiger partial charge in [-0.2, -0.15) is 8.78 Å². The molecule has 0 unspecified atom stereocenters. The molecule has 1 aromatic heterocycles. The molecular formula is C14H12F4N2O. The molecule has 0 saturated heterocycles. The average Bonchev–Trinajstić information content (AvgIpc) is 2.45. The molecule has 0 aliphatic carbocycles. The Bertz CT molecular complexity index is 678. The molecule has 2 aromatic rings. The highest BCUT2D eigenvalue weighted by atomic mass is 19.2. The third-order valence-corrected chi connectivity index (χ3v) is 3.10. The summed E-state index contributed by atoms with van der Waals surface area (Å²) in [5.74, 6) is -7.36. The second-order valence-electron chi connectivity index (χ2n) is 4.51. The van der Waals surface area contributed by atoms with Gasteiger partial charge in [-0.15, -0.1) is 0 Å². The minimum absolute atomic E-state index is 0.116. The van der Waals surface area contributed by atoms with Crippen LogP contribution in [0.3, 0.4) is 0 Å². The van der Waals surface area contributed by atoms with Crippen molar-refractivity contribution >= 4 is 5.69 Å². The highest BCUT2D eigenvalue weighted by molar-refractivity contribution is 5.53. The lowest BCUT2D eigenvalue weighted by Gasteiger charge is -2.12. The fourth-order valence-electron chi connectivity index (χ4n) is 1.76. The van der Waals surface area contributed by atoms with Gasteiger partial charge in [0.1, 0.15) is 6.61 Å². The van der Waals surface area contributed by atoms with Crippen LogP contribution in [-0.4, -0.2) is 4.98 Å². The van der Waals surface area contributed by atoms with Crippen LogP contribution in [0.2, 0.25) is 0 Å². The van der Waals surface area contributed by atoms with E-state index in [1.807, 2.05) is 0 Å². The minimum Gasteiger partial charge on any atom is -0.481 e. The van der Waals surface area contributed by atoms with E-state index in [0.29, 0.717) is 16.9 Å². The molecule has 0 aliphatic rings. The van der Waals surface area contributed by atoms with Crippen LogP contribution in [0.5, 0.6) is 5.75 Å². The number of hydrogen-bond acceptors (Lipinski definition) is 3. The number of pyridine rings is 1. The third kappa shape index (κ3) is 2.76. The Morgan fingerprint density at radius 2 is 1.67 bits per heavy atom. The summed E-state index contributed by atoms with van der Waals surface area (Å²) in [6.45, 7) is 3.04. The van der Waals surface area contributed by atoms with E-state index in [9.17, 15) is 17.6 Å². The number of anilines is 1. The van der Waals surface area contributed by atoms with Crippen molar-refractivity contribution in [3.8, 4) is 5.75 Å². The van der Waals surface area contributed by atoms with E-state index in [1.54, 1.807) is 13.8 Å². The van der Waals surface area contributed by atoms with Crippen LogP contribution >= 0.6 is 0 Å². The molecule has 0 bridgehead atoms. The zero-order valence-electron chi connectivity index (χ0n) is 11.3. The quantitative estimate of drug-likeness (QED) is 0.698.